The van der Waals surface area contributed by atoms with E-state index in [9.17, 15) is 0 Å². The van der Waals surface area contributed by atoms with Crippen LogP contribution in [-0.4, -0.2) is 23.3 Å². The van der Waals surface area contributed by atoms with Gasteiger partial charge >= 0.3 is 0 Å². The van der Waals surface area contributed by atoms with Crippen molar-refractivity contribution in [3.63, 3.8) is 0 Å². The highest BCUT2D eigenvalue weighted by Crippen LogP contribution is 2.55. The molecule has 2 unspecified atom stereocenters. The number of benzene rings is 1. The van der Waals surface area contributed by atoms with E-state index >= 15 is 0 Å². The summed E-state index contributed by atoms with van der Waals surface area (Å²) in [5, 5.41) is 14.5. The molecule has 0 aliphatic heterocycles. The fourth-order valence-corrected chi connectivity index (χ4v) is 3.66. The maximum Gasteiger partial charge on any atom is 0.121 e. The van der Waals surface area contributed by atoms with E-state index in [4.69, 9.17) is 0 Å². The number of nitrogens with zero attached hydrogens (tertiary/aromatic N) is 2. The number of hydrogen-bond acceptors (Lipinski definition) is 4. The predicted molar refractivity (Wildman–Crippen MR) is 83.3 cm³/mol. The van der Waals surface area contributed by atoms with Gasteiger partial charge in [-0.15, -0.1) is 21.5 Å². The van der Waals surface area contributed by atoms with Crippen LogP contribution in [0.3, 0.4) is 0 Å². The molecule has 1 N–H and O–H groups in total. The van der Waals surface area contributed by atoms with E-state index in [-0.39, 0.29) is 0 Å². The van der Waals surface area contributed by atoms with Crippen LogP contribution in [0.2, 0.25) is 0 Å². The standard InChI is InChI=1S/C16H21N3S/c1-2-17-10-6-9-15-18-19-16(20-15)14-11-13(14)12-7-4-3-5-8-12/h3-5,7-8,13-14,17H,2,6,9-11H2,1H3. The minimum absolute atomic E-state index is 0.609. The second-order valence-corrected chi connectivity index (χ2v) is 6.44. The topological polar surface area (TPSA) is 37.8 Å². The quantitative estimate of drug-likeness (QED) is 0.794. The summed E-state index contributed by atoms with van der Waals surface area (Å²) >= 11 is 1.81. The molecule has 1 heterocycles. The zero-order valence-corrected chi connectivity index (χ0v) is 12.7. The first-order valence-corrected chi connectivity index (χ1v) is 8.28. The minimum Gasteiger partial charge on any atom is -0.317 e. The molecular weight excluding hydrogens is 266 g/mol. The van der Waals surface area contributed by atoms with Crippen molar-refractivity contribution in [1.29, 1.82) is 0 Å². The summed E-state index contributed by atoms with van der Waals surface area (Å²) < 4.78 is 0. The molecule has 2 atom stereocenters. The molecule has 0 amide bonds. The van der Waals surface area contributed by atoms with Crippen molar-refractivity contribution in [2.45, 2.75) is 38.0 Å². The SMILES string of the molecule is CCNCCCc1nnc(C2CC2c2ccccc2)s1. The van der Waals surface area contributed by atoms with Crippen LogP contribution in [0.5, 0.6) is 0 Å². The van der Waals surface area contributed by atoms with Gasteiger partial charge in [0.15, 0.2) is 0 Å². The number of aromatic nitrogens is 2. The molecule has 1 aromatic carbocycles. The van der Waals surface area contributed by atoms with E-state index in [1.54, 1.807) is 0 Å². The highest BCUT2D eigenvalue weighted by molar-refractivity contribution is 7.11. The van der Waals surface area contributed by atoms with E-state index in [0.717, 1.165) is 25.9 Å². The molecule has 0 bridgehead atoms. The molecule has 3 nitrogen and oxygen atoms in total. The Kier molecular flexibility index (Phi) is 4.43. The van der Waals surface area contributed by atoms with Gasteiger partial charge in [0.05, 0.1) is 0 Å². The van der Waals surface area contributed by atoms with Crippen LogP contribution in [0.15, 0.2) is 30.3 Å². The van der Waals surface area contributed by atoms with Crippen LogP contribution < -0.4 is 5.32 Å². The Morgan fingerprint density at radius 3 is 2.85 bits per heavy atom. The van der Waals surface area contributed by atoms with Gasteiger partial charge in [-0.3, -0.25) is 0 Å². The third-order valence-corrected chi connectivity index (χ3v) is 4.93. The summed E-state index contributed by atoms with van der Waals surface area (Å²) in [5.74, 6) is 1.27. The molecule has 2 aromatic rings. The first kappa shape index (κ1) is 13.7. The Balaban J connectivity index is 1.54. The second-order valence-electron chi connectivity index (χ2n) is 5.35. The average Bonchev–Trinajstić information content (AvgIpc) is 3.16. The Morgan fingerprint density at radius 2 is 2.05 bits per heavy atom. The number of aryl methyl sites for hydroxylation is 1. The van der Waals surface area contributed by atoms with Gasteiger partial charge in [-0.1, -0.05) is 37.3 Å². The molecule has 0 saturated heterocycles. The van der Waals surface area contributed by atoms with Crippen molar-refractivity contribution in [3.8, 4) is 0 Å². The van der Waals surface area contributed by atoms with Crippen molar-refractivity contribution in [2.75, 3.05) is 13.1 Å². The molecule has 1 aliphatic carbocycles. The first-order chi connectivity index (χ1) is 9.88. The highest BCUT2D eigenvalue weighted by atomic mass is 32.1. The van der Waals surface area contributed by atoms with Gasteiger partial charge in [-0.25, -0.2) is 0 Å². The largest absolute Gasteiger partial charge is 0.317 e. The van der Waals surface area contributed by atoms with Crippen molar-refractivity contribution in [3.05, 3.63) is 45.9 Å². The van der Waals surface area contributed by atoms with Gasteiger partial charge in [0.2, 0.25) is 0 Å². The molecule has 1 aromatic heterocycles. The molecule has 1 fully saturated rings. The lowest BCUT2D eigenvalue weighted by Gasteiger charge is -1.98. The molecule has 3 rings (SSSR count). The fraction of sp³-hybridized carbons (Fsp3) is 0.500. The summed E-state index contributed by atoms with van der Waals surface area (Å²) in [6.45, 7) is 4.25. The number of hydrogen-bond donors (Lipinski definition) is 1. The van der Waals surface area contributed by atoms with E-state index in [2.05, 4.69) is 52.8 Å². The van der Waals surface area contributed by atoms with Gasteiger partial charge in [-0.05, 0) is 37.4 Å². The van der Waals surface area contributed by atoms with Crippen molar-refractivity contribution >= 4 is 11.3 Å². The maximum atomic E-state index is 4.40. The smallest absolute Gasteiger partial charge is 0.121 e. The van der Waals surface area contributed by atoms with Gasteiger partial charge in [0.25, 0.3) is 0 Å². The normalized spacial score (nSPS) is 21.1. The summed E-state index contributed by atoms with van der Waals surface area (Å²) in [5.41, 5.74) is 1.45. The third kappa shape index (κ3) is 3.25. The molecule has 0 spiro atoms. The molecule has 0 radical (unpaired) electrons. The summed E-state index contributed by atoms with van der Waals surface area (Å²) in [7, 11) is 0. The van der Waals surface area contributed by atoms with Gasteiger partial charge in [0.1, 0.15) is 10.0 Å². The van der Waals surface area contributed by atoms with Crippen LogP contribution in [-0.2, 0) is 6.42 Å². The van der Waals surface area contributed by atoms with Gasteiger partial charge in [0, 0.05) is 12.3 Å². The van der Waals surface area contributed by atoms with Crippen molar-refractivity contribution in [1.82, 2.24) is 15.5 Å². The Bertz CT molecular complexity index is 538. The Hall–Kier alpha value is -1.26. The second kappa shape index (κ2) is 6.46. The predicted octanol–water partition coefficient (Wildman–Crippen LogP) is 3.35. The minimum atomic E-state index is 0.609. The zero-order valence-electron chi connectivity index (χ0n) is 11.9. The highest BCUT2D eigenvalue weighted by Gasteiger charge is 2.41. The van der Waals surface area contributed by atoms with Crippen LogP contribution in [0, 0.1) is 0 Å². The molecular formula is C16H21N3S. The number of rotatable bonds is 7. The lowest BCUT2D eigenvalue weighted by Crippen LogP contribution is -2.14. The van der Waals surface area contributed by atoms with E-state index in [1.807, 2.05) is 11.3 Å². The lowest BCUT2D eigenvalue weighted by atomic mass is 10.1. The Labute approximate surface area is 124 Å². The molecule has 4 heteroatoms. The van der Waals surface area contributed by atoms with Gasteiger partial charge in [-0.2, -0.15) is 0 Å². The molecule has 20 heavy (non-hydrogen) atoms. The van der Waals surface area contributed by atoms with E-state index < -0.39 is 0 Å². The molecule has 1 aliphatic rings. The summed E-state index contributed by atoms with van der Waals surface area (Å²) in [6, 6.07) is 10.8. The average molecular weight is 287 g/mol. The van der Waals surface area contributed by atoms with Crippen LogP contribution >= 0.6 is 11.3 Å². The van der Waals surface area contributed by atoms with Crippen LogP contribution in [0.4, 0.5) is 0 Å². The maximum absolute atomic E-state index is 4.40. The third-order valence-electron chi connectivity index (χ3n) is 3.81. The summed E-state index contributed by atoms with van der Waals surface area (Å²) in [6.07, 6.45) is 3.43. The van der Waals surface area contributed by atoms with Gasteiger partial charge < -0.3 is 5.32 Å². The monoisotopic (exact) mass is 287 g/mol. The number of nitrogens with one attached hydrogen (secondary N) is 1. The molecule has 106 valence electrons. The van der Waals surface area contributed by atoms with Crippen LogP contribution in [0.1, 0.15) is 47.2 Å². The fourth-order valence-electron chi connectivity index (χ4n) is 2.60. The lowest BCUT2D eigenvalue weighted by molar-refractivity contribution is 0.669. The van der Waals surface area contributed by atoms with Crippen LogP contribution in [0.25, 0.3) is 0 Å². The van der Waals surface area contributed by atoms with E-state index in [0.29, 0.717) is 11.8 Å². The van der Waals surface area contributed by atoms with Crippen molar-refractivity contribution < 1.29 is 0 Å². The van der Waals surface area contributed by atoms with E-state index in [1.165, 1.54) is 22.0 Å². The first-order valence-electron chi connectivity index (χ1n) is 7.46. The zero-order chi connectivity index (χ0) is 13.8. The molecule has 1 saturated carbocycles. The summed E-state index contributed by atoms with van der Waals surface area (Å²) in [4.78, 5) is 0. The Morgan fingerprint density at radius 1 is 1.20 bits per heavy atom. The van der Waals surface area contributed by atoms with Crippen molar-refractivity contribution in [2.24, 2.45) is 0 Å².